The Morgan fingerprint density at radius 2 is 2.15 bits per heavy atom. The van der Waals surface area contributed by atoms with Gasteiger partial charge in [-0.25, -0.2) is 0 Å². The third-order valence-corrected chi connectivity index (χ3v) is 3.09. The fraction of sp³-hybridized carbons (Fsp3) is 1.00. The molecule has 0 aliphatic carbocycles. The number of hydrogen-bond donors (Lipinski definition) is 1. The van der Waals surface area contributed by atoms with Crippen LogP contribution < -0.4 is 5.32 Å². The van der Waals surface area contributed by atoms with Gasteiger partial charge in [0.15, 0.2) is 0 Å². The van der Waals surface area contributed by atoms with Gasteiger partial charge in [-0.3, -0.25) is 0 Å². The molecule has 1 N–H and O–H groups in total. The van der Waals surface area contributed by atoms with Crippen LogP contribution in [0.3, 0.4) is 0 Å². The van der Waals surface area contributed by atoms with Crippen molar-refractivity contribution in [3.8, 4) is 0 Å². The molecule has 0 saturated carbocycles. The second kappa shape index (κ2) is 4.97. The highest BCUT2D eigenvalue weighted by atomic mass is 15.2. The van der Waals surface area contributed by atoms with E-state index < -0.39 is 0 Å². The van der Waals surface area contributed by atoms with Crippen LogP contribution in [0, 0.1) is 5.92 Å². The van der Waals surface area contributed by atoms with Crippen LogP contribution in [0.1, 0.15) is 33.6 Å². The largest absolute Gasteiger partial charge is 0.310 e. The fourth-order valence-corrected chi connectivity index (χ4v) is 2.16. The molecule has 1 heterocycles. The summed E-state index contributed by atoms with van der Waals surface area (Å²) >= 11 is 0. The fourth-order valence-electron chi connectivity index (χ4n) is 2.16. The molecule has 0 bridgehead atoms. The van der Waals surface area contributed by atoms with Gasteiger partial charge in [0.2, 0.25) is 0 Å². The summed E-state index contributed by atoms with van der Waals surface area (Å²) in [5.74, 6) is 0.760. The van der Waals surface area contributed by atoms with Crippen LogP contribution >= 0.6 is 0 Å². The van der Waals surface area contributed by atoms with Crippen molar-refractivity contribution in [3.63, 3.8) is 0 Å². The molecule has 1 fully saturated rings. The first-order valence-corrected chi connectivity index (χ1v) is 5.58. The van der Waals surface area contributed by atoms with Crippen molar-refractivity contribution in [3.05, 3.63) is 0 Å². The van der Waals surface area contributed by atoms with Crippen molar-refractivity contribution in [2.24, 2.45) is 5.92 Å². The summed E-state index contributed by atoms with van der Waals surface area (Å²) in [6, 6.07) is 1.44. The minimum Gasteiger partial charge on any atom is -0.310 e. The van der Waals surface area contributed by atoms with Crippen molar-refractivity contribution in [2.75, 3.05) is 20.1 Å². The minimum absolute atomic E-state index is 0.705. The summed E-state index contributed by atoms with van der Waals surface area (Å²) in [4.78, 5) is 2.41. The molecule has 0 aromatic heterocycles. The lowest BCUT2D eigenvalue weighted by atomic mass is 10.0. The van der Waals surface area contributed by atoms with E-state index in [1.54, 1.807) is 0 Å². The first-order chi connectivity index (χ1) is 6.13. The van der Waals surface area contributed by atoms with E-state index in [-0.39, 0.29) is 0 Å². The van der Waals surface area contributed by atoms with E-state index in [2.05, 4.69) is 38.0 Å². The number of nitrogens with one attached hydrogen (secondary N) is 1. The first-order valence-electron chi connectivity index (χ1n) is 5.58. The highest BCUT2D eigenvalue weighted by Gasteiger charge is 2.22. The number of rotatable bonds is 4. The summed E-state index contributed by atoms with van der Waals surface area (Å²) in [6.45, 7) is 9.37. The van der Waals surface area contributed by atoms with Gasteiger partial charge in [0.05, 0.1) is 0 Å². The zero-order valence-corrected chi connectivity index (χ0v) is 9.51. The molecule has 0 aromatic rings. The van der Waals surface area contributed by atoms with Gasteiger partial charge in [0.25, 0.3) is 0 Å². The normalized spacial score (nSPS) is 27.0. The Kier molecular flexibility index (Phi) is 4.20. The molecule has 78 valence electrons. The average molecular weight is 184 g/mol. The monoisotopic (exact) mass is 184 g/mol. The lowest BCUT2D eigenvalue weighted by molar-refractivity contribution is 0.332. The average Bonchev–Trinajstić information content (AvgIpc) is 2.46. The van der Waals surface area contributed by atoms with Crippen LogP contribution in [0.2, 0.25) is 0 Å². The van der Waals surface area contributed by atoms with E-state index >= 15 is 0 Å². The highest BCUT2D eigenvalue weighted by Crippen LogP contribution is 2.12. The SMILES string of the molecule is CC[C@H](N[C@@H]1CCN(C)C1)C(C)C. The van der Waals surface area contributed by atoms with Crippen molar-refractivity contribution < 1.29 is 0 Å². The molecule has 2 nitrogen and oxygen atoms in total. The lowest BCUT2D eigenvalue weighted by Crippen LogP contribution is -2.42. The first kappa shape index (κ1) is 11.0. The predicted octanol–water partition coefficient (Wildman–Crippen LogP) is 1.71. The lowest BCUT2D eigenvalue weighted by Gasteiger charge is -2.25. The third-order valence-electron chi connectivity index (χ3n) is 3.09. The summed E-state index contributed by atoms with van der Waals surface area (Å²) in [7, 11) is 2.21. The maximum absolute atomic E-state index is 3.75. The number of nitrogens with zero attached hydrogens (tertiary/aromatic N) is 1. The van der Waals surface area contributed by atoms with E-state index in [4.69, 9.17) is 0 Å². The van der Waals surface area contributed by atoms with E-state index in [1.165, 1.54) is 25.9 Å². The van der Waals surface area contributed by atoms with Gasteiger partial charge in [0.1, 0.15) is 0 Å². The quantitative estimate of drug-likeness (QED) is 0.715. The van der Waals surface area contributed by atoms with Gasteiger partial charge in [-0.2, -0.15) is 0 Å². The van der Waals surface area contributed by atoms with Crippen LogP contribution in [0.25, 0.3) is 0 Å². The molecule has 0 aromatic carbocycles. The standard InChI is InChI=1S/C11H24N2/c1-5-11(9(2)3)12-10-6-7-13(4)8-10/h9-12H,5-8H2,1-4H3/t10-,11+/m1/s1. The molecule has 0 unspecified atom stereocenters. The van der Waals surface area contributed by atoms with Crippen LogP contribution in [0.5, 0.6) is 0 Å². The maximum Gasteiger partial charge on any atom is 0.0209 e. The van der Waals surface area contributed by atoms with Crippen molar-refractivity contribution in [1.29, 1.82) is 0 Å². The molecule has 0 amide bonds. The van der Waals surface area contributed by atoms with Gasteiger partial charge >= 0.3 is 0 Å². The van der Waals surface area contributed by atoms with Gasteiger partial charge < -0.3 is 10.2 Å². The molecular formula is C11H24N2. The molecule has 1 aliphatic rings. The number of likely N-dealkylation sites (N-methyl/N-ethyl adjacent to an activating group) is 1. The van der Waals surface area contributed by atoms with Gasteiger partial charge in [-0.1, -0.05) is 20.8 Å². The van der Waals surface area contributed by atoms with E-state index in [0.717, 1.165) is 12.0 Å². The summed E-state index contributed by atoms with van der Waals surface area (Å²) < 4.78 is 0. The van der Waals surface area contributed by atoms with E-state index in [9.17, 15) is 0 Å². The molecule has 1 rings (SSSR count). The third kappa shape index (κ3) is 3.28. The smallest absolute Gasteiger partial charge is 0.0209 e. The topological polar surface area (TPSA) is 15.3 Å². The Labute approximate surface area is 82.7 Å². The molecule has 2 heteroatoms. The van der Waals surface area contributed by atoms with Crippen molar-refractivity contribution >= 4 is 0 Å². The van der Waals surface area contributed by atoms with E-state index in [0.29, 0.717) is 6.04 Å². The zero-order valence-electron chi connectivity index (χ0n) is 9.51. The highest BCUT2D eigenvalue weighted by molar-refractivity contribution is 4.82. The Morgan fingerprint density at radius 3 is 2.54 bits per heavy atom. The molecule has 1 saturated heterocycles. The van der Waals surface area contributed by atoms with E-state index in [1.807, 2.05) is 0 Å². The van der Waals surface area contributed by atoms with Crippen LogP contribution in [-0.4, -0.2) is 37.1 Å². The minimum atomic E-state index is 0.705. The Bertz CT molecular complexity index is 145. The molecule has 13 heavy (non-hydrogen) atoms. The molecule has 1 aliphatic heterocycles. The predicted molar refractivity (Wildman–Crippen MR) is 58.0 cm³/mol. The summed E-state index contributed by atoms with van der Waals surface area (Å²) in [5, 5.41) is 3.75. The van der Waals surface area contributed by atoms with Crippen LogP contribution in [0.4, 0.5) is 0 Å². The van der Waals surface area contributed by atoms with Crippen LogP contribution in [0.15, 0.2) is 0 Å². The summed E-state index contributed by atoms with van der Waals surface area (Å²) in [5.41, 5.74) is 0. The molecule has 0 spiro atoms. The molecule has 2 atom stereocenters. The number of hydrogen-bond acceptors (Lipinski definition) is 2. The van der Waals surface area contributed by atoms with Crippen LogP contribution in [-0.2, 0) is 0 Å². The van der Waals surface area contributed by atoms with Gasteiger partial charge in [0, 0.05) is 18.6 Å². The Morgan fingerprint density at radius 1 is 1.46 bits per heavy atom. The number of likely N-dealkylation sites (tertiary alicyclic amines) is 1. The summed E-state index contributed by atoms with van der Waals surface area (Å²) in [6.07, 6.45) is 2.57. The van der Waals surface area contributed by atoms with Crippen molar-refractivity contribution in [2.45, 2.75) is 45.7 Å². The molecule has 0 radical (unpaired) electrons. The van der Waals surface area contributed by atoms with Gasteiger partial charge in [-0.15, -0.1) is 0 Å². The Hall–Kier alpha value is -0.0800. The second-order valence-electron chi connectivity index (χ2n) is 4.67. The molecular weight excluding hydrogens is 160 g/mol. The second-order valence-corrected chi connectivity index (χ2v) is 4.67. The zero-order chi connectivity index (χ0) is 9.84. The Balaban J connectivity index is 2.30. The van der Waals surface area contributed by atoms with Gasteiger partial charge in [-0.05, 0) is 32.4 Å². The maximum atomic E-state index is 3.75. The van der Waals surface area contributed by atoms with Crippen molar-refractivity contribution in [1.82, 2.24) is 10.2 Å².